The Kier molecular flexibility index (Phi) is 4.04. The lowest BCUT2D eigenvalue weighted by Gasteiger charge is -2.35. The van der Waals surface area contributed by atoms with Crippen LogP contribution in [0.4, 0.5) is 0 Å². The Balaban J connectivity index is 1.58. The minimum absolute atomic E-state index is 0.329. The molecule has 5 nitrogen and oxygen atoms in total. The van der Waals surface area contributed by atoms with Crippen LogP contribution in [0.2, 0.25) is 0 Å². The summed E-state index contributed by atoms with van der Waals surface area (Å²) < 4.78 is 2.36. The summed E-state index contributed by atoms with van der Waals surface area (Å²) in [5.41, 5.74) is 1.24. The summed E-state index contributed by atoms with van der Waals surface area (Å²) in [4.78, 5) is 2.53. The number of phenolic OH excluding ortho intramolecular Hbond substituents is 1. The molecule has 122 valence electrons. The fourth-order valence-electron chi connectivity index (χ4n) is 3.89. The van der Waals surface area contributed by atoms with Crippen LogP contribution in [-0.2, 0) is 19.5 Å². The fraction of sp³-hybridized carbons (Fsp3) is 0.556. The van der Waals surface area contributed by atoms with E-state index in [1.165, 1.54) is 37.1 Å². The summed E-state index contributed by atoms with van der Waals surface area (Å²) in [6.45, 7) is 3.09. The van der Waals surface area contributed by atoms with Gasteiger partial charge < -0.3 is 9.67 Å². The number of likely N-dealkylation sites (tertiary alicyclic amines) is 1. The van der Waals surface area contributed by atoms with Gasteiger partial charge in [-0.3, -0.25) is 4.90 Å². The summed E-state index contributed by atoms with van der Waals surface area (Å²) in [5.74, 6) is 2.66. The number of rotatable bonds is 3. The van der Waals surface area contributed by atoms with Crippen LogP contribution in [0.5, 0.6) is 5.75 Å². The first kappa shape index (κ1) is 14.7. The number of hydrogen-bond donors (Lipinski definition) is 1. The molecule has 0 radical (unpaired) electrons. The van der Waals surface area contributed by atoms with Gasteiger partial charge in [0.1, 0.15) is 17.4 Å². The number of phenols is 1. The summed E-state index contributed by atoms with van der Waals surface area (Å²) >= 11 is 0. The normalized spacial score (nSPS) is 22.0. The van der Waals surface area contributed by atoms with E-state index in [-0.39, 0.29) is 0 Å². The van der Waals surface area contributed by atoms with Crippen molar-refractivity contribution in [3.63, 3.8) is 0 Å². The molecule has 0 spiro atoms. The fourth-order valence-corrected chi connectivity index (χ4v) is 3.89. The lowest BCUT2D eigenvalue weighted by Crippen LogP contribution is -2.35. The van der Waals surface area contributed by atoms with Gasteiger partial charge in [-0.25, -0.2) is 0 Å². The number of piperidine rings is 1. The Morgan fingerprint density at radius 3 is 2.70 bits per heavy atom. The quantitative estimate of drug-likeness (QED) is 0.946. The zero-order valence-corrected chi connectivity index (χ0v) is 13.5. The molecule has 0 bridgehead atoms. The minimum Gasteiger partial charge on any atom is -0.508 e. The zero-order chi connectivity index (χ0) is 15.6. The molecule has 2 aliphatic heterocycles. The van der Waals surface area contributed by atoms with Crippen molar-refractivity contribution < 1.29 is 5.11 Å². The van der Waals surface area contributed by atoms with E-state index in [4.69, 9.17) is 0 Å². The van der Waals surface area contributed by atoms with Gasteiger partial charge >= 0.3 is 0 Å². The predicted octanol–water partition coefficient (Wildman–Crippen LogP) is 3.05. The number of aromatic hydroxyl groups is 1. The van der Waals surface area contributed by atoms with Gasteiger partial charge in [-0.2, -0.15) is 0 Å². The molecule has 0 saturated carbocycles. The van der Waals surface area contributed by atoms with Crippen molar-refractivity contribution >= 4 is 0 Å². The maximum absolute atomic E-state index is 9.46. The van der Waals surface area contributed by atoms with Crippen molar-refractivity contribution in [2.24, 2.45) is 0 Å². The molecule has 0 amide bonds. The Labute approximate surface area is 137 Å². The van der Waals surface area contributed by atoms with E-state index in [0.29, 0.717) is 11.8 Å². The molecule has 0 aliphatic carbocycles. The standard InChI is InChI=1S/C18H24N4O/c23-15-9-7-14(8-10-15)13-21-11-3-1-5-16(21)18-20-19-17-6-2-4-12-22(17)18/h7-10,16,23H,1-6,11-13H2/t16-/m1/s1. The lowest BCUT2D eigenvalue weighted by atomic mass is 10.00. The average molecular weight is 312 g/mol. The first-order valence-corrected chi connectivity index (χ1v) is 8.75. The first-order valence-electron chi connectivity index (χ1n) is 8.75. The van der Waals surface area contributed by atoms with Crippen LogP contribution in [-0.4, -0.2) is 31.3 Å². The van der Waals surface area contributed by atoms with Crippen LogP contribution in [0.3, 0.4) is 0 Å². The highest BCUT2D eigenvalue weighted by molar-refractivity contribution is 5.26. The molecule has 2 aliphatic rings. The first-order chi connectivity index (χ1) is 11.3. The van der Waals surface area contributed by atoms with Gasteiger partial charge in [0.2, 0.25) is 0 Å². The van der Waals surface area contributed by atoms with Crippen molar-refractivity contribution in [2.45, 2.75) is 57.7 Å². The van der Waals surface area contributed by atoms with E-state index in [2.05, 4.69) is 19.7 Å². The van der Waals surface area contributed by atoms with Crippen molar-refractivity contribution in [1.29, 1.82) is 0 Å². The molecular formula is C18H24N4O. The largest absolute Gasteiger partial charge is 0.508 e. The van der Waals surface area contributed by atoms with E-state index >= 15 is 0 Å². The highest BCUT2D eigenvalue weighted by Crippen LogP contribution is 2.32. The Hall–Kier alpha value is -1.88. The molecule has 1 aromatic heterocycles. The van der Waals surface area contributed by atoms with E-state index in [1.54, 1.807) is 12.1 Å². The second kappa shape index (κ2) is 6.32. The maximum atomic E-state index is 9.46. The summed E-state index contributed by atoms with van der Waals surface area (Å²) in [7, 11) is 0. The molecule has 1 N–H and O–H groups in total. The highest BCUT2D eigenvalue weighted by Gasteiger charge is 2.30. The number of fused-ring (bicyclic) bond motifs is 1. The number of nitrogens with zero attached hydrogens (tertiary/aromatic N) is 4. The average Bonchev–Trinajstić information content (AvgIpc) is 3.01. The zero-order valence-electron chi connectivity index (χ0n) is 13.5. The Bertz CT molecular complexity index is 664. The second-order valence-electron chi connectivity index (χ2n) is 6.73. The minimum atomic E-state index is 0.329. The van der Waals surface area contributed by atoms with Crippen molar-refractivity contribution in [3.8, 4) is 5.75 Å². The SMILES string of the molecule is Oc1ccc(CN2CCCC[C@@H]2c2nnc3n2CCCC3)cc1. The van der Waals surface area contributed by atoms with E-state index in [1.807, 2.05) is 12.1 Å². The maximum Gasteiger partial charge on any atom is 0.150 e. The molecule has 23 heavy (non-hydrogen) atoms. The second-order valence-corrected chi connectivity index (χ2v) is 6.73. The van der Waals surface area contributed by atoms with Gasteiger partial charge in [-0.05, 0) is 49.9 Å². The third-order valence-electron chi connectivity index (χ3n) is 5.12. The summed E-state index contributed by atoms with van der Waals surface area (Å²) in [6, 6.07) is 7.94. The summed E-state index contributed by atoms with van der Waals surface area (Å²) in [6.07, 6.45) is 7.21. The number of hydrogen-bond acceptors (Lipinski definition) is 4. The van der Waals surface area contributed by atoms with E-state index in [0.717, 1.165) is 38.3 Å². The lowest BCUT2D eigenvalue weighted by molar-refractivity contribution is 0.129. The van der Waals surface area contributed by atoms with Crippen LogP contribution in [0.25, 0.3) is 0 Å². The van der Waals surface area contributed by atoms with Crippen molar-refractivity contribution in [2.75, 3.05) is 6.54 Å². The molecule has 1 fully saturated rings. The molecule has 2 aromatic rings. The van der Waals surface area contributed by atoms with Crippen molar-refractivity contribution in [3.05, 3.63) is 41.5 Å². The van der Waals surface area contributed by atoms with Crippen LogP contribution < -0.4 is 0 Å². The van der Waals surface area contributed by atoms with Gasteiger partial charge in [-0.15, -0.1) is 10.2 Å². The molecule has 1 saturated heterocycles. The Morgan fingerprint density at radius 2 is 1.83 bits per heavy atom. The number of benzene rings is 1. The van der Waals surface area contributed by atoms with Gasteiger partial charge in [0, 0.05) is 19.5 Å². The number of aromatic nitrogens is 3. The predicted molar refractivity (Wildman–Crippen MR) is 88.1 cm³/mol. The van der Waals surface area contributed by atoms with E-state index in [9.17, 15) is 5.11 Å². The van der Waals surface area contributed by atoms with Gasteiger partial charge in [-0.1, -0.05) is 18.6 Å². The number of aryl methyl sites for hydroxylation is 1. The van der Waals surface area contributed by atoms with E-state index < -0.39 is 0 Å². The van der Waals surface area contributed by atoms with Crippen LogP contribution >= 0.6 is 0 Å². The highest BCUT2D eigenvalue weighted by atomic mass is 16.3. The monoisotopic (exact) mass is 312 g/mol. The molecule has 1 atom stereocenters. The molecule has 3 heterocycles. The molecular weight excluding hydrogens is 288 g/mol. The molecule has 4 rings (SSSR count). The van der Waals surface area contributed by atoms with Gasteiger partial charge in [0.25, 0.3) is 0 Å². The van der Waals surface area contributed by atoms with Gasteiger partial charge in [0.15, 0.2) is 0 Å². The van der Waals surface area contributed by atoms with Crippen LogP contribution in [0, 0.1) is 0 Å². The molecule has 5 heteroatoms. The van der Waals surface area contributed by atoms with Crippen LogP contribution in [0.15, 0.2) is 24.3 Å². The van der Waals surface area contributed by atoms with Crippen LogP contribution in [0.1, 0.15) is 55.4 Å². The molecule has 1 aromatic carbocycles. The van der Waals surface area contributed by atoms with Gasteiger partial charge in [0.05, 0.1) is 6.04 Å². The Morgan fingerprint density at radius 1 is 1.00 bits per heavy atom. The topological polar surface area (TPSA) is 54.2 Å². The third kappa shape index (κ3) is 2.98. The van der Waals surface area contributed by atoms with Crippen molar-refractivity contribution in [1.82, 2.24) is 19.7 Å². The third-order valence-corrected chi connectivity index (χ3v) is 5.12. The summed E-state index contributed by atoms with van der Waals surface area (Å²) in [5, 5.41) is 18.5. The molecule has 0 unspecified atom stereocenters. The smallest absolute Gasteiger partial charge is 0.150 e.